The van der Waals surface area contributed by atoms with Crippen molar-refractivity contribution in [1.82, 2.24) is 9.97 Å². The number of benzene rings is 2. The number of hydrogen-bond donors (Lipinski definition) is 1. The molecular formula is C21H21N3O2. The quantitative estimate of drug-likeness (QED) is 0.567. The lowest BCUT2D eigenvalue weighted by Gasteiger charge is -2.04. The summed E-state index contributed by atoms with van der Waals surface area (Å²) in [5.74, 6) is 0.587. The number of anilines is 1. The number of para-hydroxylation sites is 1. The number of nitrogens with zero attached hydrogens (tertiary/aromatic N) is 2. The van der Waals surface area contributed by atoms with Gasteiger partial charge in [0.2, 0.25) is 11.6 Å². The maximum Gasteiger partial charge on any atom is 0.247 e. The Hall–Kier alpha value is -3.47. The van der Waals surface area contributed by atoms with E-state index in [9.17, 15) is 0 Å². The van der Waals surface area contributed by atoms with Crippen LogP contribution in [0.4, 0.5) is 5.69 Å². The monoisotopic (exact) mass is 347 g/mol. The first-order valence-corrected chi connectivity index (χ1v) is 8.07. The Balaban J connectivity index is 0.000000227. The average molecular weight is 347 g/mol. The number of carbonyl (C=O) groups excluding carboxylic acids is 1. The molecule has 0 saturated heterocycles. The maximum absolute atomic E-state index is 8.00. The molecule has 0 atom stereocenters. The van der Waals surface area contributed by atoms with E-state index in [-0.39, 0.29) is 0 Å². The lowest BCUT2D eigenvalue weighted by Crippen LogP contribution is -1.91. The predicted octanol–water partition coefficient (Wildman–Crippen LogP) is 4.74. The summed E-state index contributed by atoms with van der Waals surface area (Å²) in [7, 11) is 1.87. The van der Waals surface area contributed by atoms with Crippen LogP contribution in [0.3, 0.4) is 0 Å². The van der Waals surface area contributed by atoms with Crippen LogP contribution in [0, 0.1) is 6.92 Å². The first kappa shape index (κ1) is 18.9. The molecule has 0 saturated carbocycles. The van der Waals surface area contributed by atoms with E-state index in [2.05, 4.69) is 34.3 Å². The molecule has 0 aliphatic carbocycles. The smallest absolute Gasteiger partial charge is 0.247 e. The number of carbonyl (C=O) groups is 1. The van der Waals surface area contributed by atoms with Gasteiger partial charge < -0.3 is 14.5 Å². The third-order valence-corrected chi connectivity index (χ3v) is 3.53. The van der Waals surface area contributed by atoms with Gasteiger partial charge in [-0.05, 0) is 31.2 Å². The summed E-state index contributed by atoms with van der Waals surface area (Å²) in [5.41, 5.74) is 4.58. The standard InChI is InChI=1S/C13H11N3O.C7H8.CH2O/c1-14-10-6-3-2-5-9(10)12-16-11-7-4-8-15-13(11)17-12;1-7-5-3-2-4-6-7;1-2/h2-8,14H,1H3;2-6H,1H3;1H2. The Morgan fingerprint density at radius 1 is 0.923 bits per heavy atom. The lowest BCUT2D eigenvalue weighted by atomic mass is 10.2. The SMILES string of the molecule is C=O.CNc1ccccc1-c1nc2cccnc2o1.Cc1ccccc1. The Labute approximate surface area is 152 Å². The van der Waals surface area contributed by atoms with Gasteiger partial charge in [-0.3, -0.25) is 0 Å². The zero-order valence-corrected chi connectivity index (χ0v) is 14.8. The number of pyridine rings is 1. The van der Waals surface area contributed by atoms with Gasteiger partial charge in [0.05, 0.1) is 5.56 Å². The summed E-state index contributed by atoms with van der Waals surface area (Å²) >= 11 is 0. The number of aryl methyl sites for hydroxylation is 1. The summed E-state index contributed by atoms with van der Waals surface area (Å²) in [6, 6.07) is 21.9. The average Bonchev–Trinajstić information content (AvgIpc) is 3.14. The van der Waals surface area contributed by atoms with E-state index >= 15 is 0 Å². The second-order valence-electron chi connectivity index (χ2n) is 5.30. The summed E-state index contributed by atoms with van der Waals surface area (Å²) in [4.78, 5) is 16.6. The molecule has 4 rings (SSSR count). The first-order valence-electron chi connectivity index (χ1n) is 8.07. The van der Waals surface area contributed by atoms with E-state index in [0.29, 0.717) is 11.6 Å². The van der Waals surface area contributed by atoms with Crippen LogP contribution in [-0.2, 0) is 4.79 Å². The van der Waals surface area contributed by atoms with Gasteiger partial charge in [0, 0.05) is 18.9 Å². The minimum atomic E-state index is 0.563. The Morgan fingerprint density at radius 3 is 2.23 bits per heavy atom. The first-order chi connectivity index (χ1) is 12.8. The Morgan fingerprint density at radius 2 is 1.62 bits per heavy atom. The fourth-order valence-electron chi connectivity index (χ4n) is 2.31. The maximum atomic E-state index is 8.00. The molecular weight excluding hydrogens is 326 g/mol. The van der Waals surface area contributed by atoms with Crippen molar-refractivity contribution >= 4 is 23.7 Å². The Kier molecular flexibility index (Phi) is 7.06. The summed E-state index contributed by atoms with van der Waals surface area (Å²) in [6.07, 6.45) is 1.70. The van der Waals surface area contributed by atoms with Crippen molar-refractivity contribution < 1.29 is 9.21 Å². The lowest BCUT2D eigenvalue weighted by molar-refractivity contribution is -0.0979. The molecule has 0 aliphatic heterocycles. The van der Waals surface area contributed by atoms with Gasteiger partial charge in [-0.25, -0.2) is 9.97 Å². The van der Waals surface area contributed by atoms with Crippen LogP contribution in [-0.4, -0.2) is 23.8 Å². The van der Waals surface area contributed by atoms with Crippen LogP contribution in [0.5, 0.6) is 0 Å². The van der Waals surface area contributed by atoms with Crippen LogP contribution < -0.4 is 5.32 Å². The number of nitrogens with one attached hydrogen (secondary N) is 1. The van der Waals surface area contributed by atoms with E-state index in [1.165, 1.54) is 5.56 Å². The van der Waals surface area contributed by atoms with Gasteiger partial charge in [0.1, 0.15) is 12.3 Å². The summed E-state index contributed by atoms with van der Waals surface area (Å²) in [5, 5.41) is 3.12. The number of hydrogen-bond acceptors (Lipinski definition) is 5. The van der Waals surface area contributed by atoms with Crippen molar-refractivity contribution in [3.05, 3.63) is 78.5 Å². The van der Waals surface area contributed by atoms with Crippen LogP contribution in [0.25, 0.3) is 22.7 Å². The van der Waals surface area contributed by atoms with E-state index in [0.717, 1.165) is 16.8 Å². The van der Waals surface area contributed by atoms with Crippen LogP contribution in [0.1, 0.15) is 5.56 Å². The van der Waals surface area contributed by atoms with Crippen molar-refractivity contribution in [3.8, 4) is 11.5 Å². The predicted molar refractivity (Wildman–Crippen MR) is 105 cm³/mol. The number of fused-ring (bicyclic) bond motifs is 1. The largest absolute Gasteiger partial charge is 0.418 e. The molecule has 2 aromatic carbocycles. The van der Waals surface area contributed by atoms with Crippen molar-refractivity contribution in [3.63, 3.8) is 0 Å². The molecule has 26 heavy (non-hydrogen) atoms. The van der Waals surface area contributed by atoms with Gasteiger partial charge in [-0.2, -0.15) is 0 Å². The topological polar surface area (TPSA) is 68.0 Å². The van der Waals surface area contributed by atoms with Gasteiger partial charge in [0.25, 0.3) is 0 Å². The molecule has 0 radical (unpaired) electrons. The number of oxazole rings is 1. The minimum Gasteiger partial charge on any atom is -0.418 e. The zero-order valence-electron chi connectivity index (χ0n) is 14.8. The second kappa shape index (κ2) is 9.74. The molecule has 2 heterocycles. The molecule has 2 aromatic heterocycles. The molecule has 5 heteroatoms. The molecule has 132 valence electrons. The van der Waals surface area contributed by atoms with Gasteiger partial charge in [0.15, 0.2) is 0 Å². The van der Waals surface area contributed by atoms with E-state index in [1.807, 2.05) is 68.4 Å². The molecule has 1 N–H and O–H groups in total. The van der Waals surface area contributed by atoms with E-state index in [4.69, 9.17) is 9.21 Å². The van der Waals surface area contributed by atoms with Crippen LogP contribution in [0.15, 0.2) is 77.3 Å². The Bertz CT molecular complexity index is 903. The highest BCUT2D eigenvalue weighted by Gasteiger charge is 2.11. The zero-order chi connectivity index (χ0) is 18.8. The van der Waals surface area contributed by atoms with Crippen molar-refractivity contribution in [2.45, 2.75) is 6.92 Å². The van der Waals surface area contributed by atoms with Crippen molar-refractivity contribution in [2.75, 3.05) is 12.4 Å². The summed E-state index contributed by atoms with van der Waals surface area (Å²) in [6.45, 7) is 4.08. The molecule has 0 spiro atoms. The van der Waals surface area contributed by atoms with Crippen LogP contribution >= 0.6 is 0 Å². The van der Waals surface area contributed by atoms with Gasteiger partial charge in [-0.1, -0.05) is 48.0 Å². The molecule has 0 fully saturated rings. The normalized spacial score (nSPS) is 9.46. The minimum absolute atomic E-state index is 0.563. The number of rotatable bonds is 2. The van der Waals surface area contributed by atoms with Crippen molar-refractivity contribution in [1.29, 1.82) is 0 Å². The molecule has 5 nitrogen and oxygen atoms in total. The highest BCUT2D eigenvalue weighted by molar-refractivity contribution is 5.78. The molecule has 0 bridgehead atoms. The second-order valence-corrected chi connectivity index (χ2v) is 5.30. The third kappa shape index (κ3) is 4.77. The molecule has 0 unspecified atom stereocenters. The van der Waals surface area contributed by atoms with Gasteiger partial charge >= 0.3 is 0 Å². The molecule has 0 aliphatic rings. The van der Waals surface area contributed by atoms with Crippen LogP contribution in [0.2, 0.25) is 0 Å². The molecule has 4 aromatic rings. The third-order valence-electron chi connectivity index (χ3n) is 3.53. The highest BCUT2D eigenvalue weighted by atomic mass is 16.4. The van der Waals surface area contributed by atoms with Crippen molar-refractivity contribution in [2.24, 2.45) is 0 Å². The fraction of sp³-hybridized carbons (Fsp3) is 0.0952. The number of aromatic nitrogens is 2. The van der Waals surface area contributed by atoms with E-state index in [1.54, 1.807) is 6.20 Å². The summed E-state index contributed by atoms with van der Waals surface area (Å²) < 4.78 is 5.63. The van der Waals surface area contributed by atoms with Gasteiger partial charge in [-0.15, -0.1) is 0 Å². The fourth-order valence-corrected chi connectivity index (χ4v) is 2.31. The highest BCUT2D eigenvalue weighted by Crippen LogP contribution is 2.28. The molecule has 0 amide bonds. The van der Waals surface area contributed by atoms with E-state index < -0.39 is 0 Å².